The lowest BCUT2D eigenvalue weighted by Gasteiger charge is -2.10. The molecule has 0 atom stereocenters. The molecule has 4 aromatic carbocycles. The number of carbonyl (C=O) groups excluding carboxylic acids is 1. The van der Waals surface area contributed by atoms with Gasteiger partial charge in [-0.05, 0) is 57.8 Å². The molecule has 33 heavy (non-hydrogen) atoms. The summed E-state index contributed by atoms with van der Waals surface area (Å²) < 4.78 is 15.9. The van der Waals surface area contributed by atoms with Crippen molar-refractivity contribution >= 4 is 16.7 Å². The fraction of sp³-hybridized carbons (Fsp3) is 0.179. The van der Waals surface area contributed by atoms with Crippen LogP contribution in [-0.2, 0) is 16.0 Å². The van der Waals surface area contributed by atoms with Gasteiger partial charge in [-0.15, -0.1) is 0 Å². The smallest absolute Gasteiger partial charge is 0.251 e. The number of carbonyl (C=O) groups is 1. The number of fused-ring (bicyclic) bond motifs is 1. The maximum Gasteiger partial charge on any atom is 0.251 e. The van der Waals surface area contributed by atoms with E-state index in [4.69, 9.17) is 14.2 Å². The second-order valence-electron chi connectivity index (χ2n) is 7.64. The van der Waals surface area contributed by atoms with Crippen molar-refractivity contribution in [3.8, 4) is 16.9 Å². The number of hydrogen-bond acceptors (Lipinski definition) is 4. The first-order valence-electron chi connectivity index (χ1n) is 10.9. The summed E-state index contributed by atoms with van der Waals surface area (Å²) in [5, 5.41) is 4.99. The van der Waals surface area contributed by atoms with Gasteiger partial charge in [-0.2, -0.15) is 0 Å². The quantitative estimate of drug-likeness (QED) is 0.263. The molecule has 0 aliphatic rings. The van der Waals surface area contributed by atoms with Gasteiger partial charge in [0.15, 0.2) is 6.79 Å². The number of hydrogen-bond donors (Lipinski definition) is 1. The number of ether oxygens (including phenoxy) is 3. The van der Waals surface area contributed by atoms with Gasteiger partial charge in [-0.3, -0.25) is 4.79 Å². The second kappa shape index (κ2) is 11.3. The van der Waals surface area contributed by atoms with Gasteiger partial charge in [-0.1, -0.05) is 60.7 Å². The van der Waals surface area contributed by atoms with Gasteiger partial charge in [0.2, 0.25) is 0 Å². The van der Waals surface area contributed by atoms with Crippen LogP contribution in [0.2, 0.25) is 0 Å². The van der Waals surface area contributed by atoms with Gasteiger partial charge in [0.1, 0.15) is 5.75 Å². The number of methoxy groups -OCH3 is 1. The molecular weight excluding hydrogens is 414 g/mol. The van der Waals surface area contributed by atoms with Crippen molar-refractivity contribution in [1.82, 2.24) is 5.32 Å². The molecule has 0 saturated carbocycles. The third-order valence-electron chi connectivity index (χ3n) is 5.30. The molecule has 4 aromatic rings. The van der Waals surface area contributed by atoms with Crippen LogP contribution < -0.4 is 10.1 Å². The van der Waals surface area contributed by atoms with Gasteiger partial charge in [0.25, 0.3) is 5.91 Å². The lowest BCUT2D eigenvalue weighted by molar-refractivity contribution is -0.00841. The Balaban J connectivity index is 1.37. The van der Waals surface area contributed by atoms with E-state index in [0.717, 1.165) is 33.2 Å². The number of rotatable bonds is 10. The molecule has 0 radical (unpaired) electrons. The maximum atomic E-state index is 12.7. The van der Waals surface area contributed by atoms with Crippen LogP contribution in [0.3, 0.4) is 0 Å². The first-order chi connectivity index (χ1) is 16.2. The standard InChI is InChI=1S/C28H27NO4/c1-31-14-15-32-20-33-27-13-12-24-17-26(11-10-25(24)18-27)28(30)29-19-21-6-5-9-23(16-21)22-7-3-2-4-8-22/h2-13,16-18H,14-15,19-20H2,1H3,(H,29,30). The number of nitrogens with one attached hydrogen (secondary N) is 1. The van der Waals surface area contributed by atoms with Crippen LogP contribution in [0, 0.1) is 0 Å². The normalized spacial score (nSPS) is 10.8. The Kier molecular flexibility index (Phi) is 7.69. The summed E-state index contributed by atoms with van der Waals surface area (Å²) in [7, 11) is 1.63. The van der Waals surface area contributed by atoms with Gasteiger partial charge in [0, 0.05) is 19.2 Å². The van der Waals surface area contributed by atoms with Crippen molar-refractivity contribution < 1.29 is 19.0 Å². The zero-order valence-electron chi connectivity index (χ0n) is 18.6. The van der Waals surface area contributed by atoms with Gasteiger partial charge in [0.05, 0.1) is 13.2 Å². The van der Waals surface area contributed by atoms with E-state index in [9.17, 15) is 4.79 Å². The molecule has 0 unspecified atom stereocenters. The second-order valence-corrected chi connectivity index (χ2v) is 7.64. The van der Waals surface area contributed by atoms with Crippen LogP contribution >= 0.6 is 0 Å². The lowest BCUT2D eigenvalue weighted by Crippen LogP contribution is -2.22. The Bertz CT molecular complexity index is 1210. The van der Waals surface area contributed by atoms with Crippen molar-refractivity contribution in [2.45, 2.75) is 6.54 Å². The van der Waals surface area contributed by atoms with E-state index in [0.29, 0.717) is 25.3 Å². The third kappa shape index (κ3) is 6.19. The van der Waals surface area contributed by atoms with Gasteiger partial charge < -0.3 is 19.5 Å². The highest BCUT2D eigenvalue weighted by Gasteiger charge is 2.08. The molecule has 0 heterocycles. The Labute approximate surface area is 193 Å². The first-order valence-corrected chi connectivity index (χ1v) is 10.9. The van der Waals surface area contributed by atoms with Crippen LogP contribution in [0.4, 0.5) is 0 Å². The van der Waals surface area contributed by atoms with Crippen LogP contribution in [-0.4, -0.2) is 33.0 Å². The minimum Gasteiger partial charge on any atom is -0.468 e. The molecule has 0 saturated heterocycles. The highest BCUT2D eigenvalue weighted by molar-refractivity contribution is 5.98. The van der Waals surface area contributed by atoms with Crippen LogP contribution in [0.5, 0.6) is 5.75 Å². The molecule has 5 heteroatoms. The average Bonchev–Trinajstić information content (AvgIpc) is 2.87. The Morgan fingerprint density at radius 2 is 1.58 bits per heavy atom. The zero-order valence-corrected chi connectivity index (χ0v) is 18.6. The summed E-state index contributed by atoms with van der Waals surface area (Å²) in [6.45, 7) is 1.65. The molecule has 168 valence electrons. The van der Waals surface area contributed by atoms with E-state index in [1.165, 1.54) is 0 Å². The fourth-order valence-corrected chi connectivity index (χ4v) is 3.54. The average molecular weight is 442 g/mol. The van der Waals surface area contributed by atoms with E-state index in [2.05, 4.69) is 29.6 Å². The summed E-state index contributed by atoms with van der Waals surface area (Å²) in [6.07, 6.45) is 0. The fourth-order valence-electron chi connectivity index (χ4n) is 3.54. The summed E-state index contributed by atoms with van der Waals surface area (Å²) in [6, 6.07) is 29.8. The molecule has 0 fully saturated rings. The molecule has 0 aliphatic carbocycles. The van der Waals surface area contributed by atoms with Crippen molar-refractivity contribution in [2.24, 2.45) is 0 Å². The van der Waals surface area contributed by atoms with Gasteiger partial charge >= 0.3 is 0 Å². The molecule has 0 aromatic heterocycles. The summed E-state index contributed by atoms with van der Waals surface area (Å²) in [5.41, 5.74) is 3.97. The molecule has 0 bridgehead atoms. The van der Waals surface area contributed by atoms with Crippen molar-refractivity contribution in [3.05, 3.63) is 102 Å². The number of amides is 1. The van der Waals surface area contributed by atoms with E-state index in [-0.39, 0.29) is 12.7 Å². The summed E-state index contributed by atoms with van der Waals surface area (Å²) >= 11 is 0. The minimum atomic E-state index is -0.103. The van der Waals surface area contributed by atoms with E-state index in [1.807, 2.05) is 66.7 Å². The maximum absolute atomic E-state index is 12.7. The van der Waals surface area contributed by atoms with Crippen LogP contribution in [0.1, 0.15) is 15.9 Å². The monoisotopic (exact) mass is 441 g/mol. The highest BCUT2D eigenvalue weighted by atomic mass is 16.7. The molecule has 4 rings (SSSR count). The molecule has 0 spiro atoms. The van der Waals surface area contributed by atoms with E-state index in [1.54, 1.807) is 7.11 Å². The van der Waals surface area contributed by atoms with Crippen LogP contribution in [0.25, 0.3) is 21.9 Å². The Morgan fingerprint density at radius 3 is 2.42 bits per heavy atom. The lowest BCUT2D eigenvalue weighted by atomic mass is 10.0. The SMILES string of the molecule is COCCOCOc1ccc2cc(C(=O)NCc3cccc(-c4ccccc4)c3)ccc2c1. The largest absolute Gasteiger partial charge is 0.468 e. The van der Waals surface area contributed by atoms with Crippen LogP contribution in [0.15, 0.2) is 91.0 Å². The Hall–Kier alpha value is -3.67. The molecule has 1 amide bonds. The van der Waals surface area contributed by atoms with Crippen molar-refractivity contribution in [3.63, 3.8) is 0 Å². The minimum absolute atomic E-state index is 0.103. The molecule has 1 N–H and O–H groups in total. The summed E-state index contributed by atoms with van der Waals surface area (Å²) in [4.78, 5) is 12.7. The summed E-state index contributed by atoms with van der Waals surface area (Å²) in [5.74, 6) is 0.615. The topological polar surface area (TPSA) is 56.8 Å². The van der Waals surface area contributed by atoms with E-state index < -0.39 is 0 Å². The van der Waals surface area contributed by atoms with E-state index >= 15 is 0 Å². The molecule has 5 nitrogen and oxygen atoms in total. The predicted molar refractivity (Wildman–Crippen MR) is 130 cm³/mol. The molecule has 0 aliphatic heterocycles. The number of benzene rings is 4. The van der Waals surface area contributed by atoms with Crippen molar-refractivity contribution in [2.75, 3.05) is 27.1 Å². The molecular formula is C28H27NO4. The first kappa shape index (κ1) is 22.5. The van der Waals surface area contributed by atoms with Gasteiger partial charge in [-0.25, -0.2) is 0 Å². The predicted octanol–water partition coefficient (Wildman–Crippen LogP) is 5.44. The third-order valence-corrected chi connectivity index (χ3v) is 5.30. The Morgan fingerprint density at radius 1 is 0.788 bits per heavy atom. The zero-order chi connectivity index (χ0) is 22.9. The highest BCUT2D eigenvalue weighted by Crippen LogP contribution is 2.23. The van der Waals surface area contributed by atoms with Crippen molar-refractivity contribution in [1.29, 1.82) is 0 Å².